The quantitative estimate of drug-likeness (QED) is 0.858. The Kier molecular flexibility index (Phi) is 5.83. The minimum atomic E-state index is -0.528. The molecule has 0 aromatic heterocycles. The van der Waals surface area contributed by atoms with Crippen LogP contribution in [0.2, 0.25) is 0 Å². The van der Waals surface area contributed by atoms with E-state index in [0.717, 1.165) is 16.9 Å². The molecule has 0 aliphatic rings. The van der Waals surface area contributed by atoms with Crippen molar-refractivity contribution in [2.75, 3.05) is 21.2 Å². The van der Waals surface area contributed by atoms with Crippen molar-refractivity contribution in [3.05, 3.63) is 29.3 Å². The molecule has 0 bridgehead atoms. The third-order valence-electron chi connectivity index (χ3n) is 3.17. The maximum atomic E-state index is 11.4. The molecule has 0 saturated heterocycles. The van der Waals surface area contributed by atoms with Crippen LogP contribution in [0.1, 0.15) is 36.5 Å². The number of aryl methyl sites for hydroxylation is 1. The summed E-state index contributed by atoms with van der Waals surface area (Å²) in [5.74, 6) is 0.914. The van der Waals surface area contributed by atoms with Gasteiger partial charge in [-0.25, -0.2) is 0 Å². The lowest BCUT2D eigenvalue weighted by Gasteiger charge is -2.14. The second kappa shape index (κ2) is 7.14. The summed E-state index contributed by atoms with van der Waals surface area (Å²) in [6.07, 6.45) is 1.22. The number of aliphatic hydroxyl groups is 1. The van der Waals surface area contributed by atoms with E-state index >= 15 is 0 Å². The lowest BCUT2D eigenvalue weighted by atomic mass is 10.0. The van der Waals surface area contributed by atoms with Gasteiger partial charge in [0.1, 0.15) is 5.75 Å². The first-order valence-electron chi connectivity index (χ1n) is 6.48. The normalized spacial score (nSPS) is 12.1. The van der Waals surface area contributed by atoms with Crippen molar-refractivity contribution in [1.82, 2.24) is 4.90 Å². The van der Waals surface area contributed by atoms with Crippen LogP contribution in [0, 0.1) is 6.92 Å². The fraction of sp³-hybridized carbons (Fsp3) is 0.533. The number of rotatable bonds is 6. The molecule has 0 radical (unpaired) electrons. The molecule has 1 aromatic rings. The number of methoxy groups -OCH3 is 1. The maximum Gasteiger partial charge on any atom is 0.222 e. The highest BCUT2D eigenvalue weighted by molar-refractivity contribution is 5.75. The van der Waals surface area contributed by atoms with Gasteiger partial charge in [-0.2, -0.15) is 0 Å². The summed E-state index contributed by atoms with van der Waals surface area (Å²) in [4.78, 5) is 13.0. The van der Waals surface area contributed by atoms with Crippen molar-refractivity contribution >= 4 is 5.91 Å². The van der Waals surface area contributed by atoms with Crippen LogP contribution in [0.3, 0.4) is 0 Å². The Morgan fingerprint density at radius 2 is 2.11 bits per heavy atom. The Balaban J connectivity index is 2.52. The summed E-state index contributed by atoms with van der Waals surface area (Å²) in [5, 5.41) is 10.1. The van der Waals surface area contributed by atoms with E-state index < -0.39 is 6.10 Å². The first kappa shape index (κ1) is 15.5. The van der Waals surface area contributed by atoms with Crippen molar-refractivity contribution in [2.45, 2.75) is 32.3 Å². The van der Waals surface area contributed by atoms with Crippen LogP contribution in [-0.4, -0.2) is 37.1 Å². The van der Waals surface area contributed by atoms with Crippen molar-refractivity contribution in [3.8, 4) is 5.75 Å². The van der Waals surface area contributed by atoms with Crippen LogP contribution in [0.5, 0.6) is 5.75 Å². The molecule has 1 aromatic carbocycles. The third kappa shape index (κ3) is 4.56. The zero-order chi connectivity index (χ0) is 14.4. The lowest BCUT2D eigenvalue weighted by molar-refractivity contribution is -0.128. The van der Waals surface area contributed by atoms with E-state index in [1.807, 2.05) is 25.1 Å². The number of hydrogen-bond acceptors (Lipinski definition) is 3. The van der Waals surface area contributed by atoms with Gasteiger partial charge in [-0.15, -0.1) is 0 Å². The number of carbonyl (C=O) groups is 1. The van der Waals surface area contributed by atoms with Gasteiger partial charge in [-0.3, -0.25) is 4.79 Å². The minimum Gasteiger partial charge on any atom is -0.496 e. The minimum absolute atomic E-state index is 0.0955. The van der Waals surface area contributed by atoms with Gasteiger partial charge in [0.2, 0.25) is 5.91 Å². The fourth-order valence-corrected chi connectivity index (χ4v) is 1.95. The Bertz CT molecular complexity index is 429. The first-order chi connectivity index (χ1) is 8.95. The van der Waals surface area contributed by atoms with E-state index in [4.69, 9.17) is 4.74 Å². The molecule has 1 amide bonds. The van der Waals surface area contributed by atoms with Crippen molar-refractivity contribution < 1.29 is 14.6 Å². The van der Waals surface area contributed by atoms with Crippen LogP contribution in [0.15, 0.2) is 18.2 Å². The Morgan fingerprint density at radius 1 is 1.42 bits per heavy atom. The van der Waals surface area contributed by atoms with Crippen LogP contribution in [0.25, 0.3) is 0 Å². The number of ether oxygens (including phenoxy) is 1. The summed E-state index contributed by atoms with van der Waals surface area (Å²) in [6.45, 7) is 1.95. The summed E-state index contributed by atoms with van der Waals surface area (Å²) in [5.41, 5.74) is 1.87. The van der Waals surface area contributed by atoms with Crippen LogP contribution >= 0.6 is 0 Å². The zero-order valence-corrected chi connectivity index (χ0v) is 12.1. The monoisotopic (exact) mass is 265 g/mol. The average molecular weight is 265 g/mol. The molecule has 1 rings (SSSR count). The smallest absolute Gasteiger partial charge is 0.222 e. The molecule has 0 aliphatic heterocycles. The van der Waals surface area contributed by atoms with E-state index in [0.29, 0.717) is 19.3 Å². The topological polar surface area (TPSA) is 49.8 Å². The highest BCUT2D eigenvalue weighted by Gasteiger charge is 2.11. The maximum absolute atomic E-state index is 11.4. The van der Waals surface area contributed by atoms with Gasteiger partial charge in [-0.05, 0) is 43.0 Å². The predicted octanol–water partition coefficient (Wildman–Crippen LogP) is 2.30. The Morgan fingerprint density at radius 3 is 2.63 bits per heavy atom. The van der Waals surface area contributed by atoms with Crippen LogP contribution < -0.4 is 4.74 Å². The fourth-order valence-electron chi connectivity index (χ4n) is 1.95. The molecule has 0 fully saturated rings. The largest absolute Gasteiger partial charge is 0.496 e. The van der Waals surface area contributed by atoms with Gasteiger partial charge < -0.3 is 14.7 Å². The van der Waals surface area contributed by atoms with E-state index in [1.54, 1.807) is 26.1 Å². The summed E-state index contributed by atoms with van der Waals surface area (Å²) >= 11 is 0. The van der Waals surface area contributed by atoms with Gasteiger partial charge >= 0.3 is 0 Å². The van der Waals surface area contributed by atoms with Gasteiger partial charge in [0, 0.05) is 20.5 Å². The molecule has 0 heterocycles. The van der Waals surface area contributed by atoms with Gasteiger partial charge in [-0.1, -0.05) is 6.07 Å². The molecular formula is C15H23NO3. The molecule has 4 heteroatoms. The van der Waals surface area contributed by atoms with E-state index in [9.17, 15) is 9.90 Å². The van der Waals surface area contributed by atoms with Crippen molar-refractivity contribution in [2.24, 2.45) is 0 Å². The number of carbonyl (C=O) groups excluding carboxylic acids is 1. The molecule has 0 saturated carbocycles. The third-order valence-corrected chi connectivity index (χ3v) is 3.17. The number of amides is 1. The van der Waals surface area contributed by atoms with E-state index in [-0.39, 0.29) is 5.91 Å². The zero-order valence-electron chi connectivity index (χ0n) is 12.1. The molecule has 106 valence electrons. The number of benzene rings is 1. The van der Waals surface area contributed by atoms with Crippen molar-refractivity contribution in [1.29, 1.82) is 0 Å². The average Bonchev–Trinajstić information content (AvgIpc) is 2.38. The van der Waals surface area contributed by atoms with Crippen LogP contribution in [0.4, 0.5) is 0 Å². The molecule has 19 heavy (non-hydrogen) atoms. The van der Waals surface area contributed by atoms with Gasteiger partial charge in [0.05, 0.1) is 13.2 Å². The second-order valence-electron chi connectivity index (χ2n) is 4.93. The van der Waals surface area contributed by atoms with E-state index in [1.165, 1.54) is 0 Å². The highest BCUT2D eigenvalue weighted by Crippen LogP contribution is 2.25. The number of aliphatic hydroxyl groups excluding tert-OH is 1. The molecular weight excluding hydrogens is 242 g/mol. The Hall–Kier alpha value is -1.55. The van der Waals surface area contributed by atoms with Gasteiger partial charge in [0.25, 0.3) is 0 Å². The summed E-state index contributed by atoms with van der Waals surface area (Å²) in [6, 6.07) is 5.65. The standard InChI is InChI=1S/C15H23NO3/c1-11-10-12(8-9-14(11)19-4)13(17)6-5-7-15(18)16(2)3/h8-10,13,17H,5-7H2,1-4H3. The molecule has 0 aliphatic carbocycles. The van der Waals surface area contributed by atoms with Gasteiger partial charge in [0.15, 0.2) is 0 Å². The van der Waals surface area contributed by atoms with Crippen molar-refractivity contribution in [3.63, 3.8) is 0 Å². The summed E-state index contributed by atoms with van der Waals surface area (Å²) < 4.78 is 5.19. The summed E-state index contributed by atoms with van der Waals surface area (Å²) in [7, 11) is 5.11. The SMILES string of the molecule is COc1ccc(C(O)CCCC(=O)N(C)C)cc1C. The molecule has 0 spiro atoms. The molecule has 1 unspecified atom stereocenters. The van der Waals surface area contributed by atoms with E-state index in [2.05, 4.69) is 0 Å². The Labute approximate surface area is 115 Å². The number of nitrogens with zero attached hydrogens (tertiary/aromatic N) is 1. The molecule has 4 nitrogen and oxygen atoms in total. The molecule has 1 N–H and O–H groups in total. The second-order valence-corrected chi connectivity index (χ2v) is 4.93. The number of hydrogen-bond donors (Lipinski definition) is 1. The first-order valence-corrected chi connectivity index (χ1v) is 6.48. The lowest BCUT2D eigenvalue weighted by Crippen LogP contribution is -2.21. The highest BCUT2D eigenvalue weighted by atomic mass is 16.5. The van der Waals surface area contributed by atoms with Crippen LogP contribution in [-0.2, 0) is 4.79 Å². The predicted molar refractivity (Wildman–Crippen MR) is 75.2 cm³/mol. The molecule has 1 atom stereocenters.